The van der Waals surface area contributed by atoms with Gasteiger partial charge < -0.3 is 9.84 Å². The highest BCUT2D eigenvalue weighted by Crippen LogP contribution is 2.40. The third-order valence-electron chi connectivity index (χ3n) is 6.31. The van der Waals surface area contributed by atoms with Crippen molar-refractivity contribution in [2.24, 2.45) is 5.92 Å². The monoisotopic (exact) mass is 402 g/mol. The summed E-state index contributed by atoms with van der Waals surface area (Å²) in [7, 11) is 1.42. The molecule has 2 unspecified atom stereocenters. The van der Waals surface area contributed by atoms with E-state index in [1.807, 2.05) is 12.1 Å². The zero-order valence-electron chi connectivity index (χ0n) is 18.2. The Balaban J connectivity index is 1.82. The van der Waals surface area contributed by atoms with Crippen LogP contribution in [0.1, 0.15) is 107 Å². The molecule has 1 aromatic rings. The lowest BCUT2D eigenvalue weighted by molar-refractivity contribution is -0.140. The van der Waals surface area contributed by atoms with Gasteiger partial charge in [0.05, 0.1) is 13.2 Å². The van der Waals surface area contributed by atoms with E-state index < -0.39 is 0 Å². The van der Waals surface area contributed by atoms with Gasteiger partial charge in [0.2, 0.25) is 0 Å². The third-order valence-corrected chi connectivity index (χ3v) is 6.31. The van der Waals surface area contributed by atoms with E-state index >= 15 is 0 Å². The van der Waals surface area contributed by atoms with Crippen molar-refractivity contribution in [3.8, 4) is 0 Å². The summed E-state index contributed by atoms with van der Waals surface area (Å²) in [4.78, 5) is 23.6. The van der Waals surface area contributed by atoms with Crippen molar-refractivity contribution in [3.63, 3.8) is 0 Å². The zero-order valence-corrected chi connectivity index (χ0v) is 18.2. The number of carbonyl (C=O) groups excluding carboxylic acids is 2. The summed E-state index contributed by atoms with van der Waals surface area (Å²) in [5.41, 5.74) is 2.22. The Kier molecular flexibility index (Phi) is 10.4. The summed E-state index contributed by atoms with van der Waals surface area (Å²) in [6.45, 7) is 2.17. The molecule has 4 heteroatoms. The predicted octanol–water partition coefficient (Wildman–Crippen LogP) is 5.88. The molecule has 2 rings (SSSR count). The van der Waals surface area contributed by atoms with Gasteiger partial charge in [0.15, 0.2) is 0 Å². The van der Waals surface area contributed by atoms with Crippen molar-refractivity contribution >= 4 is 11.8 Å². The van der Waals surface area contributed by atoms with Gasteiger partial charge >= 0.3 is 5.97 Å². The van der Waals surface area contributed by atoms with Crippen molar-refractivity contribution in [1.82, 2.24) is 0 Å². The second kappa shape index (κ2) is 12.8. The third kappa shape index (κ3) is 7.58. The van der Waals surface area contributed by atoms with Crippen molar-refractivity contribution in [3.05, 3.63) is 35.4 Å². The number of rotatable bonds is 13. The molecule has 0 radical (unpaired) electrons. The first kappa shape index (κ1) is 23.6. The van der Waals surface area contributed by atoms with E-state index in [1.54, 1.807) is 0 Å². The Hall–Kier alpha value is -1.68. The van der Waals surface area contributed by atoms with Crippen LogP contribution in [0, 0.1) is 5.92 Å². The largest absolute Gasteiger partial charge is 0.469 e. The molecule has 1 N–H and O–H groups in total. The van der Waals surface area contributed by atoms with Gasteiger partial charge in [-0.1, -0.05) is 69.7 Å². The number of methoxy groups -OCH3 is 1. The number of hydrogen-bond donors (Lipinski definition) is 1. The van der Waals surface area contributed by atoms with Crippen LogP contribution in [-0.4, -0.2) is 24.0 Å². The molecular weight excluding hydrogens is 364 g/mol. The number of carbonyl (C=O) groups is 2. The van der Waals surface area contributed by atoms with Crippen LogP contribution in [0.5, 0.6) is 0 Å². The van der Waals surface area contributed by atoms with Crippen molar-refractivity contribution in [2.75, 3.05) is 7.11 Å². The topological polar surface area (TPSA) is 63.6 Å². The number of ether oxygens (including phenoxy) is 1. The molecule has 4 nitrogen and oxygen atoms in total. The molecule has 1 aliphatic rings. The highest BCUT2D eigenvalue weighted by atomic mass is 16.5. The Bertz CT molecular complexity index is 622. The number of Topliss-reactive ketones (excluding diaryl/α,β-unsaturated/α-hetero) is 1. The zero-order chi connectivity index (χ0) is 21.1. The number of aliphatic hydroxyl groups is 1. The fourth-order valence-corrected chi connectivity index (χ4v) is 4.48. The molecule has 0 heterocycles. The van der Waals surface area contributed by atoms with Gasteiger partial charge in [0.25, 0.3) is 0 Å². The fourth-order valence-electron chi connectivity index (χ4n) is 4.48. The summed E-state index contributed by atoms with van der Waals surface area (Å²) >= 11 is 0. The number of unbranched alkanes of at least 4 members (excludes halogenated alkanes) is 5. The van der Waals surface area contributed by atoms with Crippen LogP contribution >= 0.6 is 0 Å². The molecule has 29 heavy (non-hydrogen) atoms. The van der Waals surface area contributed by atoms with Gasteiger partial charge in [0.1, 0.15) is 5.78 Å². The molecule has 162 valence electrons. The van der Waals surface area contributed by atoms with Gasteiger partial charge in [-0.3, -0.25) is 9.59 Å². The Morgan fingerprint density at radius 1 is 1.10 bits per heavy atom. The highest BCUT2D eigenvalue weighted by Gasteiger charge is 2.34. The molecule has 0 amide bonds. The van der Waals surface area contributed by atoms with Crippen LogP contribution < -0.4 is 0 Å². The molecule has 1 aliphatic carbocycles. The van der Waals surface area contributed by atoms with Crippen LogP contribution in [0.2, 0.25) is 0 Å². The van der Waals surface area contributed by atoms with Crippen LogP contribution in [0.15, 0.2) is 24.3 Å². The summed E-state index contributed by atoms with van der Waals surface area (Å²) in [5, 5.41) is 10.4. The van der Waals surface area contributed by atoms with E-state index in [0.29, 0.717) is 24.5 Å². The number of esters is 1. The molecule has 0 aliphatic heterocycles. The van der Waals surface area contributed by atoms with Gasteiger partial charge in [0, 0.05) is 18.8 Å². The first-order chi connectivity index (χ1) is 14.1. The minimum Gasteiger partial charge on any atom is -0.469 e. The van der Waals surface area contributed by atoms with Crippen molar-refractivity contribution in [2.45, 2.75) is 96.0 Å². The summed E-state index contributed by atoms with van der Waals surface area (Å²) in [6.07, 6.45) is 10.8. The van der Waals surface area contributed by atoms with Gasteiger partial charge in [-0.25, -0.2) is 0 Å². The Morgan fingerprint density at radius 2 is 1.83 bits per heavy atom. The molecule has 0 aromatic heterocycles. The minimum atomic E-state index is -0.387. The SMILES string of the molecule is CCCCCC(O)c1ccc(C2CCC(=O)[C@@H]2CCCCCCC(=O)OC)cc1. The minimum absolute atomic E-state index is 0.121. The highest BCUT2D eigenvalue weighted by molar-refractivity contribution is 5.84. The Labute approximate surface area is 176 Å². The number of ketones is 1. The van der Waals surface area contributed by atoms with Crippen LogP contribution in [-0.2, 0) is 14.3 Å². The maximum Gasteiger partial charge on any atom is 0.305 e. The molecule has 0 saturated heterocycles. The Morgan fingerprint density at radius 3 is 2.52 bits per heavy atom. The molecule has 1 saturated carbocycles. The second-order valence-corrected chi connectivity index (χ2v) is 8.43. The summed E-state index contributed by atoms with van der Waals surface area (Å²) in [5.74, 6) is 0.683. The summed E-state index contributed by atoms with van der Waals surface area (Å²) < 4.78 is 4.66. The van der Waals surface area contributed by atoms with E-state index in [4.69, 9.17) is 0 Å². The van der Waals surface area contributed by atoms with Crippen LogP contribution in [0.3, 0.4) is 0 Å². The quantitative estimate of drug-likeness (QED) is 0.331. The van der Waals surface area contributed by atoms with Gasteiger partial charge in [-0.2, -0.15) is 0 Å². The number of hydrogen-bond acceptors (Lipinski definition) is 4. The van der Waals surface area contributed by atoms with E-state index in [2.05, 4.69) is 23.8 Å². The first-order valence-electron chi connectivity index (χ1n) is 11.4. The molecule has 0 spiro atoms. The van der Waals surface area contributed by atoms with E-state index in [1.165, 1.54) is 12.7 Å². The lowest BCUT2D eigenvalue weighted by Gasteiger charge is -2.20. The lowest BCUT2D eigenvalue weighted by Crippen LogP contribution is -2.13. The van der Waals surface area contributed by atoms with Crippen LogP contribution in [0.25, 0.3) is 0 Å². The number of benzene rings is 1. The van der Waals surface area contributed by atoms with Gasteiger partial charge in [-0.15, -0.1) is 0 Å². The standard InChI is InChI=1S/C25H38O4/c1-3-4-7-11-23(26)20-15-13-19(14-16-20)21-17-18-24(27)22(21)10-8-5-6-9-12-25(28)29-2/h13-16,21-23,26H,3-12,17-18H2,1-2H3/t21?,22-,23?/m1/s1. The van der Waals surface area contributed by atoms with E-state index in [-0.39, 0.29) is 18.0 Å². The molecular formula is C25H38O4. The average Bonchev–Trinajstić information content (AvgIpc) is 3.10. The smallest absolute Gasteiger partial charge is 0.305 e. The maximum absolute atomic E-state index is 12.4. The van der Waals surface area contributed by atoms with Crippen LogP contribution in [0.4, 0.5) is 0 Å². The molecule has 1 aromatic carbocycles. The number of aliphatic hydroxyl groups excluding tert-OH is 1. The normalized spacial score (nSPS) is 20.0. The molecule has 1 fully saturated rings. The van der Waals surface area contributed by atoms with E-state index in [0.717, 1.165) is 69.8 Å². The first-order valence-corrected chi connectivity index (χ1v) is 11.4. The summed E-state index contributed by atoms with van der Waals surface area (Å²) in [6, 6.07) is 8.31. The predicted molar refractivity (Wildman–Crippen MR) is 116 cm³/mol. The fraction of sp³-hybridized carbons (Fsp3) is 0.680. The maximum atomic E-state index is 12.4. The lowest BCUT2D eigenvalue weighted by atomic mass is 9.84. The second-order valence-electron chi connectivity index (χ2n) is 8.43. The van der Waals surface area contributed by atoms with Crippen molar-refractivity contribution in [1.29, 1.82) is 0 Å². The van der Waals surface area contributed by atoms with Gasteiger partial charge in [-0.05, 0) is 42.7 Å². The molecule has 0 bridgehead atoms. The average molecular weight is 403 g/mol. The van der Waals surface area contributed by atoms with Crippen molar-refractivity contribution < 1.29 is 19.4 Å². The molecule has 3 atom stereocenters. The van der Waals surface area contributed by atoms with E-state index in [9.17, 15) is 14.7 Å².